The summed E-state index contributed by atoms with van der Waals surface area (Å²) >= 11 is 0. The zero-order valence-corrected chi connectivity index (χ0v) is 11.7. The molecular weight excluding hydrogens is 309 g/mol. The topological polar surface area (TPSA) is 43.7 Å². The average Bonchev–Trinajstić information content (AvgIpc) is 3.16. The standard InChI is InChI=1S/C14H16F5NO2/c1-2-11(14(17,18)19)20(7-3-4-7)8-5-9(15)12(13(21)22)10(16)6-8/h5-7,11,13,21-22H,2-4H2,1H3/t11-/m1/s1. The molecule has 1 fully saturated rings. The molecule has 0 radical (unpaired) electrons. The second kappa shape index (κ2) is 6.00. The molecule has 2 rings (SSSR count). The molecule has 0 saturated heterocycles. The van der Waals surface area contributed by atoms with Gasteiger partial charge in [0.15, 0.2) is 6.29 Å². The van der Waals surface area contributed by atoms with E-state index in [1.165, 1.54) is 6.92 Å². The number of benzene rings is 1. The smallest absolute Gasteiger partial charge is 0.364 e. The Kier molecular flexibility index (Phi) is 4.62. The lowest BCUT2D eigenvalue weighted by Crippen LogP contribution is -2.47. The van der Waals surface area contributed by atoms with Gasteiger partial charge in [-0.05, 0) is 31.4 Å². The van der Waals surface area contributed by atoms with E-state index in [0.29, 0.717) is 25.0 Å². The average molecular weight is 325 g/mol. The molecule has 0 aliphatic heterocycles. The van der Waals surface area contributed by atoms with E-state index in [1.54, 1.807) is 0 Å². The zero-order valence-electron chi connectivity index (χ0n) is 11.7. The summed E-state index contributed by atoms with van der Waals surface area (Å²) in [6, 6.07) is -0.839. The van der Waals surface area contributed by atoms with Gasteiger partial charge in [0.2, 0.25) is 0 Å². The molecule has 1 aliphatic carbocycles. The van der Waals surface area contributed by atoms with E-state index in [0.717, 1.165) is 4.90 Å². The van der Waals surface area contributed by atoms with Crippen LogP contribution in [0.2, 0.25) is 0 Å². The first kappa shape index (κ1) is 17.0. The Morgan fingerprint density at radius 1 is 1.18 bits per heavy atom. The van der Waals surface area contributed by atoms with E-state index in [4.69, 9.17) is 10.2 Å². The highest BCUT2D eigenvalue weighted by molar-refractivity contribution is 5.52. The van der Waals surface area contributed by atoms with Crippen molar-refractivity contribution < 1.29 is 32.2 Å². The Balaban J connectivity index is 2.46. The highest BCUT2D eigenvalue weighted by atomic mass is 19.4. The summed E-state index contributed by atoms with van der Waals surface area (Å²) in [6.45, 7) is 1.35. The van der Waals surface area contributed by atoms with Crippen molar-refractivity contribution in [1.82, 2.24) is 0 Å². The zero-order chi connectivity index (χ0) is 16.7. The number of hydrogen-bond acceptors (Lipinski definition) is 3. The molecule has 1 saturated carbocycles. The van der Waals surface area contributed by atoms with Crippen LogP contribution in [0.5, 0.6) is 0 Å². The van der Waals surface area contributed by atoms with Gasteiger partial charge in [0.05, 0.1) is 5.56 Å². The molecule has 0 unspecified atom stereocenters. The third-order valence-electron chi connectivity index (χ3n) is 3.66. The first-order valence-corrected chi connectivity index (χ1v) is 6.87. The highest BCUT2D eigenvalue weighted by Gasteiger charge is 2.47. The lowest BCUT2D eigenvalue weighted by molar-refractivity contribution is -0.149. The molecule has 2 N–H and O–H groups in total. The van der Waals surface area contributed by atoms with Gasteiger partial charge in [-0.3, -0.25) is 0 Å². The SMILES string of the molecule is CC[C@@H](N(c1cc(F)c(C(O)O)c(F)c1)C1CC1)C(F)(F)F. The van der Waals surface area contributed by atoms with Gasteiger partial charge in [-0.25, -0.2) is 8.78 Å². The van der Waals surface area contributed by atoms with Crippen molar-refractivity contribution in [3.05, 3.63) is 29.3 Å². The van der Waals surface area contributed by atoms with Crippen LogP contribution in [0.3, 0.4) is 0 Å². The summed E-state index contributed by atoms with van der Waals surface area (Å²) in [7, 11) is 0. The number of nitrogens with zero attached hydrogens (tertiary/aromatic N) is 1. The Bertz CT molecular complexity index is 520. The maximum atomic E-state index is 13.8. The number of halogens is 5. The Labute approximate surface area is 124 Å². The third-order valence-corrected chi connectivity index (χ3v) is 3.66. The minimum atomic E-state index is -4.53. The minimum Gasteiger partial charge on any atom is -0.364 e. The Morgan fingerprint density at radius 2 is 1.68 bits per heavy atom. The van der Waals surface area contributed by atoms with Crippen molar-refractivity contribution in [1.29, 1.82) is 0 Å². The van der Waals surface area contributed by atoms with E-state index in [2.05, 4.69) is 0 Å². The van der Waals surface area contributed by atoms with Crippen molar-refractivity contribution in [2.75, 3.05) is 4.90 Å². The van der Waals surface area contributed by atoms with Gasteiger partial charge in [-0.1, -0.05) is 6.92 Å². The van der Waals surface area contributed by atoms with Crippen LogP contribution < -0.4 is 4.90 Å². The molecule has 0 amide bonds. The number of anilines is 1. The molecule has 0 bridgehead atoms. The molecule has 3 nitrogen and oxygen atoms in total. The van der Waals surface area contributed by atoms with Gasteiger partial charge in [-0.15, -0.1) is 0 Å². The van der Waals surface area contributed by atoms with Gasteiger partial charge < -0.3 is 15.1 Å². The Hall–Kier alpha value is -1.41. The Morgan fingerprint density at radius 3 is 2.00 bits per heavy atom. The maximum Gasteiger partial charge on any atom is 0.408 e. The number of alkyl halides is 3. The summed E-state index contributed by atoms with van der Waals surface area (Å²) in [5.74, 6) is -2.57. The van der Waals surface area contributed by atoms with E-state index < -0.39 is 41.7 Å². The lowest BCUT2D eigenvalue weighted by atomic mass is 10.1. The molecule has 1 atom stereocenters. The molecule has 1 aliphatic rings. The van der Waals surface area contributed by atoms with E-state index in [-0.39, 0.29) is 12.1 Å². The number of hydrogen-bond donors (Lipinski definition) is 2. The normalized spacial score (nSPS) is 17.0. The summed E-state index contributed by atoms with van der Waals surface area (Å²) in [6.07, 6.45) is -6.12. The van der Waals surface area contributed by atoms with Crippen LogP contribution in [0.4, 0.5) is 27.6 Å². The number of aliphatic hydroxyl groups excluding tert-OH is 1. The fourth-order valence-corrected chi connectivity index (χ4v) is 2.55. The highest BCUT2D eigenvalue weighted by Crippen LogP contribution is 2.40. The van der Waals surface area contributed by atoms with Gasteiger partial charge >= 0.3 is 6.18 Å². The first-order chi connectivity index (χ1) is 10.2. The third kappa shape index (κ3) is 3.33. The first-order valence-electron chi connectivity index (χ1n) is 6.87. The van der Waals surface area contributed by atoms with Gasteiger partial charge in [0.1, 0.15) is 17.7 Å². The molecule has 0 spiro atoms. The van der Waals surface area contributed by atoms with Gasteiger partial charge in [-0.2, -0.15) is 13.2 Å². The van der Waals surface area contributed by atoms with Crippen molar-refractivity contribution >= 4 is 5.69 Å². The van der Waals surface area contributed by atoms with Crippen LogP contribution in [-0.2, 0) is 0 Å². The van der Waals surface area contributed by atoms with Gasteiger partial charge in [0.25, 0.3) is 0 Å². The van der Waals surface area contributed by atoms with Gasteiger partial charge in [0, 0.05) is 11.7 Å². The maximum absolute atomic E-state index is 13.8. The molecule has 1 aromatic carbocycles. The van der Waals surface area contributed by atoms with Crippen molar-refractivity contribution in [2.24, 2.45) is 0 Å². The molecule has 124 valence electrons. The number of rotatable bonds is 5. The van der Waals surface area contributed by atoms with Crippen molar-refractivity contribution in [3.63, 3.8) is 0 Å². The summed E-state index contributed by atoms with van der Waals surface area (Å²) in [4.78, 5) is 0.972. The van der Waals surface area contributed by atoms with E-state index >= 15 is 0 Å². The van der Waals surface area contributed by atoms with Crippen LogP contribution in [0, 0.1) is 11.6 Å². The quantitative estimate of drug-likeness (QED) is 0.645. The van der Waals surface area contributed by atoms with Crippen LogP contribution in [0.1, 0.15) is 38.0 Å². The predicted octanol–water partition coefficient (Wildman–Crippen LogP) is 3.26. The summed E-state index contributed by atoms with van der Waals surface area (Å²) < 4.78 is 67.0. The molecule has 0 heterocycles. The second-order valence-corrected chi connectivity index (χ2v) is 5.30. The molecule has 22 heavy (non-hydrogen) atoms. The van der Waals surface area contributed by atoms with E-state index in [9.17, 15) is 22.0 Å². The molecule has 0 aromatic heterocycles. The molecule has 1 aromatic rings. The fourth-order valence-electron chi connectivity index (χ4n) is 2.55. The van der Waals surface area contributed by atoms with Crippen molar-refractivity contribution in [2.45, 2.75) is 50.7 Å². The monoisotopic (exact) mass is 325 g/mol. The largest absolute Gasteiger partial charge is 0.408 e. The fraction of sp³-hybridized carbons (Fsp3) is 0.571. The lowest BCUT2D eigenvalue weighted by Gasteiger charge is -2.35. The molecular formula is C14H16F5NO2. The van der Waals surface area contributed by atoms with Crippen LogP contribution in [0.25, 0.3) is 0 Å². The van der Waals surface area contributed by atoms with E-state index in [1.807, 2.05) is 0 Å². The summed E-state index contributed by atoms with van der Waals surface area (Å²) in [5, 5.41) is 17.8. The second-order valence-electron chi connectivity index (χ2n) is 5.30. The minimum absolute atomic E-state index is 0.244. The van der Waals surface area contributed by atoms with Crippen molar-refractivity contribution in [3.8, 4) is 0 Å². The van der Waals surface area contributed by atoms with Crippen LogP contribution >= 0.6 is 0 Å². The predicted molar refractivity (Wildman–Crippen MR) is 69.2 cm³/mol. The van der Waals surface area contributed by atoms with Crippen LogP contribution in [0.15, 0.2) is 12.1 Å². The molecule has 8 heteroatoms. The van der Waals surface area contributed by atoms with Crippen LogP contribution in [-0.4, -0.2) is 28.5 Å². The summed E-state index contributed by atoms with van der Waals surface area (Å²) in [5.41, 5.74) is -1.22. The number of aliphatic hydroxyl groups is 2.